The van der Waals surface area contributed by atoms with E-state index in [9.17, 15) is 9.59 Å². The first-order valence-electron chi connectivity index (χ1n) is 12.3. The van der Waals surface area contributed by atoms with E-state index in [4.69, 9.17) is 4.42 Å². The molecular weight excluding hydrogens is 424 g/mol. The molecule has 2 heterocycles. The number of likely N-dealkylation sites (tertiary alicyclic amines) is 1. The van der Waals surface area contributed by atoms with Gasteiger partial charge in [0.15, 0.2) is 11.2 Å². The Hall–Kier alpha value is -2.92. The van der Waals surface area contributed by atoms with E-state index in [1.54, 1.807) is 0 Å². The van der Waals surface area contributed by atoms with E-state index in [0.717, 1.165) is 24.2 Å². The van der Waals surface area contributed by atoms with Gasteiger partial charge in [-0.3, -0.25) is 14.5 Å². The topological polar surface area (TPSA) is 62.6 Å². The number of carbonyl (C=O) groups excluding carboxylic acids is 1. The first-order valence-corrected chi connectivity index (χ1v) is 12.3. The third kappa shape index (κ3) is 5.25. The van der Waals surface area contributed by atoms with Crippen molar-refractivity contribution in [2.45, 2.75) is 65.3 Å². The maximum absolute atomic E-state index is 13.0. The molecule has 1 N–H and O–H groups in total. The smallest absolute Gasteiger partial charge is 0.287 e. The van der Waals surface area contributed by atoms with Crippen LogP contribution in [0, 0.1) is 13.8 Å². The molecule has 1 aliphatic heterocycles. The Morgan fingerprint density at radius 1 is 1.00 bits per heavy atom. The summed E-state index contributed by atoms with van der Waals surface area (Å²) in [6.07, 6.45) is 3.59. The number of piperidine rings is 1. The van der Waals surface area contributed by atoms with E-state index < -0.39 is 0 Å². The van der Waals surface area contributed by atoms with Crippen LogP contribution in [-0.4, -0.2) is 30.4 Å². The molecule has 5 nitrogen and oxygen atoms in total. The summed E-state index contributed by atoms with van der Waals surface area (Å²) in [7, 11) is 0. The molecule has 2 aromatic carbocycles. The van der Waals surface area contributed by atoms with Gasteiger partial charge in [0.1, 0.15) is 5.58 Å². The van der Waals surface area contributed by atoms with Crippen molar-refractivity contribution in [1.29, 1.82) is 0 Å². The van der Waals surface area contributed by atoms with E-state index >= 15 is 0 Å². The maximum atomic E-state index is 13.0. The molecule has 34 heavy (non-hydrogen) atoms. The van der Waals surface area contributed by atoms with Crippen LogP contribution in [0.3, 0.4) is 0 Å². The monoisotopic (exact) mass is 460 g/mol. The zero-order valence-corrected chi connectivity index (χ0v) is 21.0. The highest BCUT2D eigenvalue weighted by Crippen LogP contribution is 2.28. The number of benzene rings is 2. The summed E-state index contributed by atoms with van der Waals surface area (Å²) in [6, 6.07) is 13.8. The fraction of sp³-hybridized carbons (Fsp3) is 0.448. The van der Waals surface area contributed by atoms with Gasteiger partial charge in [0.05, 0.1) is 11.4 Å². The third-order valence-electron chi connectivity index (χ3n) is 7.02. The molecule has 1 amide bonds. The normalized spacial score (nSPS) is 15.9. The number of amides is 1. The number of nitrogens with one attached hydrogen (secondary N) is 1. The van der Waals surface area contributed by atoms with Crippen LogP contribution in [0.4, 0.5) is 0 Å². The van der Waals surface area contributed by atoms with Crippen LogP contribution in [0.1, 0.15) is 78.9 Å². The second-order valence-corrected chi connectivity index (χ2v) is 10.6. The second kappa shape index (κ2) is 9.75. The predicted molar refractivity (Wildman–Crippen MR) is 138 cm³/mol. The SMILES string of the molecule is Cc1cc2oc(C(=O)NC[C@H](c3ccc(C(C)(C)C)cc3)N3CCCCC3)cc(=O)c2cc1C. The zero-order valence-electron chi connectivity index (χ0n) is 21.0. The Labute approximate surface area is 202 Å². The molecule has 4 rings (SSSR count). The van der Waals surface area contributed by atoms with Crippen molar-refractivity contribution in [2.75, 3.05) is 19.6 Å². The highest BCUT2D eigenvalue weighted by atomic mass is 16.3. The number of fused-ring (bicyclic) bond motifs is 1. The fourth-order valence-corrected chi connectivity index (χ4v) is 4.69. The molecule has 0 bridgehead atoms. The maximum Gasteiger partial charge on any atom is 0.287 e. The lowest BCUT2D eigenvalue weighted by Crippen LogP contribution is -2.40. The summed E-state index contributed by atoms with van der Waals surface area (Å²) in [5, 5.41) is 3.55. The number of carbonyl (C=O) groups is 1. The number of nitrogens with zero attached hydrogens (tertiary/aromatic N) is 1. The molecule has 1 aromatic heterocycles. The minimum Gasteiger partial charge on any atom is -0.451 e. The minimum atomic E-state index is -0.356. The summed E-state index contributed by atoms with van der Waals surface area (Å²) < 4.78 is 5.85. The fourth-order valence-electron chi connectivity index (χ4n) is 4.69. The van der Waals surface area contributed by atoms with Gasteiger partial charge in [0, 0.05) is 12.6 Å². The van der Waals surface area contributed by atoms with E-state index in [-0.39, 0.29) is 28.6 Å². The van der Waals surface area contributed by atoms with Crippen molar-refractivity contribution < 1.29 is 9.21 Å². The van der Waals surface area contributed by atoms with Gasteiger partial charge >= 0.3 is 0 Å². The van der Waals surface area contributed by atoms with Gasteiger partial charge in [-0.15, -0.1) is 0 Å². The molecule has 3 aromatic rings. The number of rotatable bonds is 5. The third-order valence-corrected chi connectivity index (χ3v) is 7.02. The van der Waals surface area contributed by atoms with Gasteiger partial charge in [0.2, 0.25) is 0 Å². The Bertz CT molecular complexity index is 1230. The Balaban J connectivity index is 1.57. The Morgan fingerprint density at radius 2 is 1.65 bits per heavy atom. The van der Waals surface area contributed by atoms with E-state index in [1.165, 1.54) is 36.5 Å². The molecule has 180 valence electrons. The molecule has 1 atom stereocenters. The summed E-state index contributed by atoms with van der Waals surface area (Å²) in [6.45, 7) is 13.1. The second-order valence-electron chi connectivity index (χ2n) is 10.6. The molecule has 0 aliphatic carbocycles. The predicted octanol–water partition coefficient (Wildman–Crippen LogP) is 5.66. The van der Waals surface area contributed by atoms with Gasteiger partial charge < -0.3 is 9.73 Å². The van der Waals surface area contributed by atoms with Crippen molar-refractivity contribution in [3.05, 3.63) is 80.7 Å². The van der Waals surface area contributed by atoms with Gasteiger partial charge in [-0.1, -0.05) is 51.5 Å². The van der Waals surface area contributed by atoms with Crippen molar-refractivity contribution >= 4 is 16.9 Å². The molecule has 5 heteroatoms. The number of aryl methyl sites for hydroxylation is 2. The standard InChI is InChI=1S/C29H36N2O3/c1-19-15-23-25(32)17-27(34-26(23)16-20(19)2)28(33)30-18-24(31-13-7-6-8-14-31)21-9-11-22(12-10-21)29(3,4)5/h9-12,15-17,24H,6-8,13-14,18H2,1-5H3,(H,30,33)/t24-/m1/s1. The summed E-state index contributed by atoms with van der Waals surface area (Å²) in [5.74, 6) is -0.299. The van der Waals surface area contributed by atoms with Crippen LogP contribution < -0.4 is 10.7 Å². The van der Waals surface area contributed by atoms with Crippen molar-refractivity contribution in [3.63, 3.8) is 0 Å². The lowest BCUT2D eigenvalue weighted by molar-refractivity contribution is 0.0897. The van der Waals surface area contributed by atoms with Crippen molar-refractivity contribution in [2.24, 2.45) is 0 Å². The van der Waals surface area contributed by atoms with Gasteiger partial charge in [0.25, 0.3) is 5.91 Å². The quantitative estimate of drug-likeness (QED) is 0.533. The van der Waals surface area contributed by atoms with Gasteiger partial charge in [-0.2, -0.15) is 0 Å². The summed E-state index contributed by atoms with van der Waals surface area (Å²) in [5.41, 5.74) is 4.89. The van der Waals surface area contributed by atoms with Crippen LogP contribution in [0.5, 0.6) is 0 Å². The summed E-state index contributed by atoms with van der Waals surface area (Å²) >= 11 is 0. The van der Waals surface area contributed by atoms with E-state index in [2.05, 4.69) is 55.3 Å². The zero-order chi connectivity index (χ0) is 24.5. The lowest BCUT2D eigenvalue weighted by atomic mass is 9.86. The molecule has 0 unspecified atom stereocenters. The van der Waals surface area contributed by atoms with Crippen LogP contribution in [0.2, 0.25) is 0 Å². The highest BCUT2D eigenvalue weighted by Gasteiger charge is 2.24. The highest BCUT2D eigenvalue weighted by molar-refractivity contribution is 5.93. The van der Waals surface area contributed by atoms with Gasteiger partial charge in [-0.25, -0.2) is 0 Å². The minimum absolute atomic E-state index is 0.0567. The Kier molecular flexibility index (Phi) is 6.94. The van der Waals surface area contributed by atoms with Crippen LogP contribution in [0.25, 0.3) is 11.0 Å². The molecule has 1 saturated heterocycles. The van der Waals surface area contributed by atoms with Crippen LogP contribution >= 0.6 is 0 Å². The molecule has 0 radical (unpaired) electrons. The molecule has 1 fully saturated rings. The number of hydrogen-bond donors (Lipinski definition) is 1. The first kappa shape index (κ1) is 24.2. The first-order chi connectivity index (χ1) is 16.1. The largest absolute Gasteiger partial charge is 0.451 e. The van der Waals surface area contributed by atoms with Crippen molar-refractivity contribution in [1.82, 2.24) is 10.2 Å². The van der Waals surface area contributed by atoms with Crippen LogP contribution in [0.15, 0.2) is 51.7 Å². The average molecular weight is 461 g/mol. The van der Waals surface area contributed by atoms with Crippen LogP contribution in [-0.2, 0) is 5.41 Å². The van der Waals surface area contributed by atoms with Gasteiger partial charge in [-0.05, 0) is 79.6 Å². The number of hydrogen-bond acceptors (Lipinski definition) is 4. The summed E-state index contributed by atoms with van der Waals surface area (Å²) in [4.78, 5) is 28.1. The molecule has 1 aliphatic rings. The molecule has 0 saturated carbocycles. The van der Waals surface area contributed by atoms with E-state index in [0.29, 0.717) is 17.5 Å². The molecular formula is C29H36N2O3. The Morgan fingerprint density at radius 3 is 2.29 bits per heavy atom. The average Bonchev–Trinajstić information content (AvgIpc) is 2.81. The van der Waals surface area contributed by atoms with Crippen molar-refractivity contribution in [3.8, 4) is 0 Å². The lowest BCUT2D eigenvalue weighted by Gasteiger charge is -2.35. The molecule has 0 spiro atoms. The van der Waals surface area contributed by atoms with E-state index in [1.807, 2.05) is 26.0 Å².